The monoisotopic (exact) mass is 729 g/mol. The van der Waals surface area contributed by atoms with Gasteiger partial charge in [-0.15, -0.1) is 0 Å². The summed E-state index contributed by atoms with van der Waals surface area (Å²) in [6, 6.07) is 23.1. The van der Waals surface area contributed by atoms with E-state index in [0.29, 0.717) is 34.6 Å². The third kappa shape index (κ3) is 6.67. The molecule has 2 aliphatic heterocycles. The van der Waals surface area contributed by atoms with Gasteiger partial charge in [-0.1, -0.05) is 24.3 Å². The number of nitrogens with zero attached hydrogens (tertiary/aromatic N) is 5. The lowest BCUT2D eigenvalue weighted by atomic mass is 9.95. The van der Waals surface area contributed by atoms with Crippen LogP contribution in [0.25, 0.3) is 28.3 Å². The molecule has 1 amide bonds. The van der Waals surface area contributed by atoms with Crippen molar-refractivity contribution in [3.05, 3.63) is 114 Å². The Bertz CT molecular complexity index is 2310. The Morgan fingerprint density at radius 2 is 1.70 bits per heavy atom. The SMILES string of the molecule is COc1cc([N+]2(C3CCNCC3)CCCCC2)ccc1Nc1nccc(-c2c(-c3cccc(C(=O)Nc4c(F)cccc4F)c3)nc3c(C)cccn23)n1. The standard InChI is InChI=1S/C42H42F2N8O2/c1-27-9-8-22-51-39(37(49-40(27)51)28-10-6-11-29(25-28)41(53)50-38-32(43)12-7-13-33(38)44)35-18-21-46-42(48-35)47-34-15-14-31(26-36(34)54-2)52(23-4-3-5-24-52)30-16-19-45-20-17-30/h6-15,18,21-22,25-26,30,45H,3-5,16-17,19-20,23-24H2,1-2H3,(H-,46,47,48,50,53)/p+1. The summed E-state index contributed by atoms with van der Waals surface area (Å²) >= 11 is 0. The number of ether oxygens (including phenoxy) is 1. The van der Waals surface area contributed by atoms with Crippen molar-refractivity contribution in [1.82, 2.24) is 29.2 Å². The average Bonchev–Trinajstić information content (AvgIpc) is 3.61. The highest BCUT2D eigenvalue weighted by Crippen LogP contribution is 2.40. The fraction of sp³-hybridized carbons (Fsp3) is 0.286. The van der Waals surface area contributed by atoms with E-state index in [-0.39, 0.29) is 5.56 Å². The zero-order chi connectivity index (χ0) is 37.2. The highest BCUT2D eigenvalue weighted by molar-refractivity contribution is 6.05. The number of quaternary nitrogens is 1. The number of hydrogen-bond acceptors (Lipinski definition) is 7. The summed E-state index contributed by atoms with van der Waals surface area (Å²) in [5.41, 5.74) is 5.94. The molecule has 54 heavy (non-hydrogen) atoms. The summed E-state index contributed by atoms with van der Waals surface area (Å²) in [5.74, 6) is -1.25. The molecule has 3 aromatic carbocycles. The Labute approximate surface area is 312 Å². The number of methoxy groups -OCH3 is 1. The van der Waals surface area contributed by atoms with Crippen LogP contribution in [0.2, 0.25) is 0 Å². The molecule has 0 saturated carbocycles. The number of carbonyl (C=O) groups excluding carboxylic acids is 1. The lowest BCUT2D eigenvalue weighted by molar-refractivity contribution is 0.102. The fourth-order valence-corrected chi connectivity index (χ4v) is 8.20. The van der Waals surface area contributed by atoms with E-state index in [4.69, 9.17) is 14.7 Å². The summed E-state index contributed by atoms with van der Waals surface area (Å²) in [6.07, 6.45) is 9.68. The van der Waals surface area contributed by atoms with Crippen LogP contribution in [0, 0.1) is 18.6 Å². The number of likely N-dealkylation sites (tertiary alicyclic amines) is 1. The number of imidazole rings is 1. The van der Waals surface area contributed by atoms with Crippen molar-refractivity contribution < 1.29 is 18.3 Å². The van der Waals surface area contributed by atoms with Gasteiger partial charge >= 0.3 is 0 Å². The molecule has 2 saturated heterocycles. The molecular weight excluding hydrogens is 687 g/mol. The highest BCUT2D eigenvalue weighted by atomic mass is 19.1. The summed E-state index contributed by atoms with van der Waals surface area (Å²) in [7, 11) is 1.70. The van der Waals surface area contributed by atoms with Crippen molar-refractivity contribution in [2.45, 2.75) is 45.1 Å². The molecule has 12 heteroatoms. The van der Waals surface area contributed by atoms with E-state index in [9.17, 15) is 13.6 Å². The van der Waals surface area contributed by atoms with Gasteiger partial charge in [-0.25, -0.2) is 23.7 Å². The minimum atomic E-state index is -0.858. The molecule has 0 spiro atoms. The number of para-hydroxylation sites is 1. The third-order valence-corrected chi connectivity index (χ3v) is 10.9. The van der Waals surface area contributed by atoms with Gasteiger partial charge < -0.3 is 20.7 Å². The number of fused-ring (bicyclic) bond motifs is 1. The van der Waals surface area contributed by atoms with E-state index >= 15 is 0 Å². The minimum absolute atomic E-state index is 0.212. The largest absolute Gasteiger partial charge is 0.494 e. The second-order valence-corrected chi connectivity index (χ2v) is 14.1. The summed E-state index contributed by atoms with van der Waals surface area (Å²) in [4.78, 5) is 27.8. The van der Waals surface area contributed by atoms with Crippen LogP contribution in [0.3, 0.4) is 0 Å². The summed E-state index contributed by atoms with van der Waals surface area (Å²) < 4.78 is 37.7. The van der Waals surface area contributed by atoms with Crippen LogP contribution in [0.5, 0.6) is 5.75 Å². The Morgan fingerprint density at radius 1 is 0.926 bits per heavy atom. The van der Waals surface area contributed by atoms with Crippen LogP contribution in [-0.4, -0.2) is 64.6 Å². The lowest BCUT2D eigenvalue weighted by Gasteiger charge is -2.48. The van der Waals surface area contributed by atoms with Gasteiger partial charge in [0, 0.05) is 61.6 Å². The first-order valence-electron chi connectivity index (χ1n) is 18.5. The van der Waals surface area contributed by atoms with Crippen molar-refractivity contribution in [3.8, 4) is 28.4 Å². The Kier molecular flexibility index (Phi) is 9.78. The van der Waals surface area contributed by atoms with Crippen molar-refractivity contribution in [1.29, 1.82) is 0 Å². The summed E-state index contributed by atoms with van der Waals surface area (Å²) in [6.45, 7) is 6.38. The molecule has 5 heterocycles. The van der Waals surface area contributed by atoms with E-state index in [2.05, 4.69) is 39.1 Å². The zero-order valence-electron chi connectivity index (χ0n) is 30.4. The molecule has 8 rings (SSSR count). The number of aromatic nitrogens is 4. The second-order valence-electron chi connectivity index (χ2n) is 14.1. The topological polar surface area (TPSA) is 105 Å². The normalized spacial score (nSPS) is 15.9. The molecule has 10 nitrogen and oxygen atoms in total. The maximum absolute atomic E-state index is 14.4. The molecule has 276 valence electrons. The second kappa shape index (κ2) is 15.0. The van der Waals surface area contributed by atoms with Gasteiger partial charge in [0.25, 0.3) is 5.91 Å². The van der Waals surface area contributed by atoms with Crippen molar-refractivity contribution in [2.24, 2.45) is 0 Å². The predicted molar refractivity (Wildman–Crippen MR) is 208 cm³/mol. The molecule has 0 aliphatic carbocycles. The smallest absolute Gasteiger partial charge is 0.255 e. The van der Waals surface area contributed by atoms with Gasteiger partial charge in [0.15, 0.2) is 0 Å². The van der Waals surface area contributed by atoms with Crippen LogP contribution in [0.1, 0.15) is 48.0 Å². The third-order valence-electron chi connectivity index (χ3n) is 10.9. The molecule has 2 aliphatic rings. The Morgan fingerprint density at radius 3 is 2.48 bits per heavy atom. The molecule has 3 aromatic heterocycles. The fourth-order valence-electron chi connectivity index (χ4n) is 8.20. The van der Waals surface area contributed by atoms with Crippen LogP contribution in [-0.2, 0) is 0 Å². The number of piperidine rings is 2. The maximum atomic E-state index is 14.4. The average molecular weight is 730 g/mol. The number of benzene rings is 3. The van der Waals surface area contributed by atoms with Crippen molar-refractivity contribution >= 4 is 34.6 Å². The number of hydrogen-bond donors (Lipinski definition) is 3. The number of rotatable bonds is 9. The molecule has 3 N–H and O–H groups in total. The quantitative estimate of drug-likeness (QED) is 0.129. The number of carbonyl (C=O) groups is 1. The van der Waals surface area contributed by atoms with Crippen LogP contribution in [0.4, 0.5) is 31.8 Å². The zero-order valence-corrected chi connectivity index (χ0v) is 30.4. The Hall–Kier alpha value is -5.72. The first-order chi connectivity index (χ1) is 26.3. The number of nitrogens with one attached hydrogen (secondary N) is 3. The molecule has 0 atom stereocenters. The molecule has 0 bridgehead atoms. The number of aryl methyl sites for hydroxylation is 1. The molecule has 0 radical (unpaired) electrons. The van der Waals surface area contributed by atoms with E-state index in [1.54, 1.807) is 31.5 Å². The number of halogens is 2. The van der Waals surface area contributed by atoms with Crippen LogP contribution < -0.4 is 25.2 Å². The van der Waals surface area contributed by atoms with Crippen LogP contribution in [0.15, 0.2) is 91.3 Å². The van der Waals surface area contributed by atoms with Gasteiger partial charge in [-0.2, -0.15) is 0 Å². The predicted octanol–water partition coefficient (Wildman–Crippen LogP) is 8.29. The molecule has 0 unspecified atom stereocenters. The van der Waals surface area contributed by atoms with Gasteiger partial charge in [-0.05, 0) is 74.2 Å². The van der Waals surface area contributed by atoms with Gasteiger partial charge in [0.2, 0.25) is 5.95 Å². The van der Waals surface area contributed by atoms with E-state index in [1.807, 2.05) is 41.8 Å². The highest BCUT2D eigenvalue weighted by Gasteiger charge is 2.41. The number of pyridine rings is 1. The first kappa shape index (κ1) is 35.3. The van der Waals surface area contributed by atoms with Gasteiger partial charge in [-0.3, -0.25) is 13.7 Å². The van der Waals surface area contributed by atoms with E-state index in [1.165, 1.54) is 43.9 Å². The van der Waals surface area contributed by atoms with E-state index in [0.717, 1.165) is 65.4 Å². The number of anilines is 3. The lowest BCUT2D eigenvalue weighted by Crippen LogP contribution is -2.62. The van der Waals surface area contributed by atoms with Gasteiger partial charge in [0.05, 0.1) is 49.0 Å². The molecular formula is C42H43F2N8O2+. The van der Waals surface area contributed by atoms with Gasteiger partial charge in [0.1, 0.15) is 34.4 Å². The molecule has 6 aromatic rings. The maximum Gasteiger partial charge on any atom is 0.255 e. The first-order valence-corrected chi connectivity index (χ1v) is 18.5. The van der Waals surface area contributed by atoms with E-state index < -0.39 is 23.2 Å². The number of amides is 1. The van der Waals surface area contributed by atoms with Crippen molar-refractivity contribution in [2.75, 3.05) is 43.9 Å². The van der Waals surface area contributed by atoms with Crippen molar-refractivity contribution in [3.63, 3.8) is 0 Å². The Balaban J connectivity index is 1.13. The van der Waals surface area contributed by atoms with Crippen LogP contribution >= 0.6 is 0 Å². The minimum Gasteiger partial charge on any atom is -0.494 e. The summed E-state index contributed by atoms with van der Waals surface area (Å²) in [5, 5.41) is 9.33. The molecule has 2 fully saturated rings.